The van der Waals surface area contributed by atoms with E-state index in [4.69, 9.17) is 9.47 Å². The van der Waals surface area contributed by atoms with Crippen LogP contribution in [-0.2, 0) is 21.3 Å². The van der Waals surface area contributed by atoms with E-state index in [2.05, 4.69) is 9.82 Å². The van der Waals surface area contributed by atoms with E-state index in [9.17, 15) is 8.42 Å². The number of sulfonamides is 1. The molecule has 25 heavy (non-hydrogen) atoms. The second kappa shape index (κ2) is 7.88. The maximum Gasteiger partial charge on any atom is 0.261 e. The van der Waals surface area contributed by atoms with Gasteiger partial charge in [-0.1, -0.05) is 0 Å². The molecule has 2 heterocycles. The summed E-state index contributed by atoms with van der Waals surface area (Å²) in [5.41, 5.74) is 0.435. The van der Waals surface area contributed by atoms with Crippen molar-refractivity contribution in [3.8, 4) is 5.75 Å². The first-order valence-electron chi connectivity index (χ1n) is 8.46. The molecule has 0 radical (unpaired) electrons. The first-order chi connectivity index (χ1) is 12.1. The third-order valence-corrected chi connectivity index (χ3v) is 5.39. The number of nitrogens with one attached hydrogen (secondary N) is 1. The van der Waals surface area contributed by atoms with Gasteiger partial charge in [-0.25, -0.2) is 8.42 Å². The van der Waals surface area contributed by atoms with E-state index >= 15 is 0 Å². The highest BCUT2D eigenvalue weighted by Gasteiger charge is 2.17. The number of hydrogen-bond donors (Lipinski definition) is 1. The van der Waals surface area contributed by atoms with Crippen molar-refractivity contribution in [2.24, 2.45) is 0 Å². The molecule has 7 nitrogen and oxygen atoms in total. The average Bonchev–Trinajstić information content (AvgIpc) is 3.03. The van der Waals surface area contributed by atoms with E-state index in [1.54, 1.807) is 23.0 Å². The van der Waals surface area contributed by atoms with E-state index < -0.39 is 10.0 Å². The normalized spacial score (nSPS) is 18.0. The Morgan fingerprint density at radius 3 is 2.80 bits per heavy atom. The zero-order chi connectivity index (χ0) is 17.7. The van der Waals surface area contributed by atoms with E-state index in [-0.39, 0.29) is 11.0 Å². The fraction of sp³-hybridized carbons (Fsp3) is 0.471. The second-order valence-electron chi connectivity index (χ2n) is 5.95. The zero-order valence-corrected chi connectivity index (χ0v) is 15.0. The molecule has 0 bridgehead atoms. The molecule has 1 unspecified atom stereocenters. The van der Waals surface area contributed by atoms with Gasteiger partial charge in [-0.2, -0.15) is 5.10 Å². The van der Waals surface area contributed by atoms with Crippen LogP contribution in [-0.4, -0.2) is 37.5 Å². The molecule has 136 valence electrons. The third-order valence-electron chi connectivity index (χ3n) is 4.00. The summed E-state index contributed by atoms with van der Waals surface area (Å²) in [6.45, 7) is 3.82. The number of nitrogens with zero attached hydrogens (tertiary/aromatic N) is 2. The summed E-state index contributed by atoms with van der Waals surface area (Å²) in [4.78, 5) is 0.180. The van der Waals surface area contributed by atoms with Gasteiger partial charge in [-0.05, 0) is 50.5 Å². The molecule has 1 atom stereocenters. The Kier molecular flexibility index (Phi) is 5.60. The standard InChI is InChI=1S/C17H23N3O4S/c1-2-23-15-6-8-17(9-7-15)25(21,22)19-14-11-18-20(12-14)13-16-5-3-4-10-24-16/h6-9,11-12,16,19H,2-5,10,13H2,1H3. The molecule has 0 aliphatic carbocycles. The maximum absolute atomic E-state index is 12.5. The van der Waals surface area contributed by atoms with Gasteiger partial charge in [-0.3, -0.25) is 9.40 Å². The van der Waals surface area contributed by atoms with Crippen molar-refractivity contribution >= 4 is 15.7 Å². The Labute approximate surface area is 148 Å². The highest BCUT2D eigenvalue weighted by molar-refractivity contribution is 7.92. The van der Waals surface area contributed by atoms with Crippen LogP contribution >= 0.6 is 0 Å². The predicted molar refractivity (Wildman–Crippen MR) is 94.2 cm³/mol. The summed E-state index contributed by atoms with van der Waals surface area (Å²) in [5, 5.41) is 4.22. The molecule has 8 heteroatoms. The minimum absolute atomic E-state index is 0.143. The van der Waals surface area contributed by atoms with Gasteiger partial charge < -0.3 is 9.47 Å². The van der Waals surface area contributed by atoms with Crippen molar-refractivity contribution < 1.29 is 17.9 Å². The topological polar surface area (TPSA) is 82.5 Å². The summed E-state index contributed by atoms with van der Waals surface area (Å²) in [6, 6.07) is 6.32. The van der Waals surface area contributed by atoms with Crippen molar-refractivity contribution in [2.75, 3.05) is 17.9 Å². The first-order valence-corrected chi connectivity index (χ1v) is 9.95. The van der Waals surface area contributed by atoms with Crippen LogP contribution in [0.25, 0.3) is 0 Å². The van der Waals surface area contributed by atoms with Crippen molar-refractivity contribution in [2.45, 2.75) is 43.7 Å². The molecule has 0 amide bonds. The molecule has 1 N–H and O–H groups in total. The summed E-state index contributed by atoms with van der Waals surface area (Å²) in [6.07, 6.45) is 6.60. The maximum atomic E-state index is 12.5. The smallest absolute Gasteiger partial charge is 0.261 e. The molecule has 2 aromatic rings. The fourth-order valence-electron chi connectivity index (χ4n) is 2.77. The molecule has 1 fully saturated rings. The Hall–Kier alpha value is -2.06. The highest BCUT2D eigenvalue weighted by atomic mass is 32.2. The molecule has 1 saturated heterocycles. The SMILES string of the molecule is CCOc1ccc(S(=O)(=O)Nc2cnn(CC3CCCCO3)c2)cc1. The van der Waals surface area contributed by atoms with E-state index in [1.807, 2.05) is 6.92 Å². The number of benzene rings is 1. The van der Waals surface area contributed by atoms with Gasteiger partial charge in [0.2, 0.25) is 0 Å². The number of ether oxygens (including phenoxy) is 2. The lowest BCUT2D eigenvalue weighted by Gasteiger charge is -2.22. The van der Waals surface area contributed by atoms with Gasteiger partial charge in [0.15, 0.2) is 0 Å². The molecule has 0 spiro atoms. The van der Waals surface area contributed by atoms with Crippen molar-refractivity contribution in [3.05, 3.63) is 36.7 Å². The van der Waals surface area contributed by atoms with Gasteiger partial charge in [-0.15, -0.1) is 0 Å². The van der Waals surface area contributed by atoms with Crippen LogP contribution in [0.5, 0.6) is 5.75 Å². The fourth-order valence-corrected chi connectivity index (χ4v) is 3.80. The highest BCUT2D eigenvalue weighted by Crippen LogP contribution is 2.20. The number of hydrogen-bond acceptors (Lipinski definition) is 5. The molecule has 1 aromatic carbocycles. The van der Waals surface area contributed by atoms with Gasteiger partial charge in [0.1, 0.15) is 5.75 Å². The minimum Gasteiger partial charge on any atom is -0.494 e. The number of anilines is 1. The summed E-state index contributed by atoms with van der Waals surface area (Å²) in [7, 11) is -3.65. The Morgan fingerprint density at radius 2 is 2.12 bits per heavy atom. The second-order valence-corrected chi connectivity index (χ2v) is 7.63. The largest absolute Gasteiger partial charge is 0.494 e. The van der Waals surface area contributed by atoms with Crippen molar-refractivity contribution in [1.29, 1.82) is 0 Å². The summed E-state index contributed by atoms with van der Waals surface area (Å²) in [5.74, 6) is 0.641. The minimum atomic E-state index is -3.65. The van der Waals surface area contributed by atoms with Gasteiger partial charge in [0.05, 0.1) is 36.0 Å². The number of aromatic nitrogens is 2. The average molecular weight is 365 g/mol. The van der Waals surface area contributed by atoms with Crippen LogP contribution in [0, 0.1) is 0 Å². The lowest BCUT2D eigenvalue weighted by Crippen LogP contribution is -2.24. The predicted octanol–water partition coefficient (Wildman–Crippen LogP) is 2.65. The molecular weight excluding hydrogens is 342 g/mol. The zero-order valence-electron chi connectivity index (χ0n) is 14.2. The third kappa shape index (κ3) is 4.73. The van der Waals surface area contributed by atoms with Gasteiger partial charge in [0.25, 0.3) is 10.0 Å². The van der Waals surface area contributed by atoms with E-state index in [1.165, 1.54) is 18.3 Å². The monoisotopic (exact) mass is 365 g/mol. The Bertz CT molecular complexity index is 780. The molecular formula is C17H23N3O4S. The summed E-state index contributed by atoms with van der Waals surface area (Å²) >= 11 is 0. The summed E-state index contributed by atoms with van der Waals surface area (Å²) < 4.78 is 40.2. The van der Waals surface area contributed by atoms with Crippen LogP contribution < -0.4 is 9.46 Å². The molecule has 0 saturated carbocycles. The number of rotatable bonds is 7. The van der Waals surface area contributed by atoms with Crippen LogP contribution in [0.2, 0.25) is 0 Å². The van der Waals surface area contributed by atoms with Crippen LogP contribution in [0.1, 0.15) is 26.2 Å². The molecule has 1 aromatic heterocycles. The van der Waals surface area contributed by atoms with Crippen LogP contribution in [0.15, 0.2) is 41.6 Å². The van der Waals surface area contributed by atoms with Gasteiger partial charge in [0, 0.05) is 12.8 Å². The lowest BCUT2D eigenvalue weighted by molar-refractivity contribution is 0.00401. The molecule has 3 rings (SSSR count). The lowest BCUT2D eigenvalue weighted by atomic mass is 10.1. The Balaban J connectivity index is 1.64. The molecule has 1 aliphatic heterocycles. The van der Waals surface area contributed by atoms with Crippen molar-refractivity contribution in [1.82, 2.24) is 9.78 Å². The van der Waals surface area contributed by atoms with Gasteiger partial charge >= 0.3 is 0 Å². The van der Waals surface area contributed by atoms with E-state index in [0.717, 1.165) is 25.9 Å². The van der Waals surface area contributed by atoms with E-state index in [0.29, 0.717) is 24.6 Å². The van der Waals surface area contributed by atoms with Crippen LogP contribution in [0.4, 0.5) is 5.69 Å². The Morgan fingerprint density at radius 1 is 1.32 bits per heavy atom. The van der Waals surface area contributed by atoms with Crippen molar-refractivity contribution in [3.63, 3.8) is 0 Å². The molecule has 1 aliphatic rings. The van der Waals surface area contributed by atoms with Crippen LogP contribution in [0.3, 0.4) is 0 Å². The first kappa shape index (κ1) is 17.8. The quantitative estimate of drug-likeness (QED) is 0.816.